The number of nitrogens with zero attached hydrogens (tertiary/aromatic N) is 1. The molecule has 0 bridgehead atoms. The van der Waals surface area contributed by atoms with Gasteiger partial charge in [-0.2, -0.15) is 0 Å². The third-order valence-electron chi connectivity index (χ3n) is 4.20. The molecule has 1 heterocycles. The molecule has 0 aliphatic carbocycles. The van der Waals surface area contributed by atoms with Crippen molar-refractivity contribution in [2.24, 2.45) is 5.73 Å². The van der Waals surface area contributed by atoms with Crippen molar-refractivity contribution in [1.82, 2.24) is 4.90 Å². The lowest BCUT2D eigenvalue weighted by atomic mass is 9.87. The highest BCUT2D eigenvalue weighted by molar-refractivity contribution is 6.30. The highest BCUT2D eigenvalue weighted by Crippen LogP contribution is 2.25. The van der Waals surface area contributed by atoms with Gasteiger partial charge in [0.15, 0.2) is 0 Å². The molecule has 1 unspecified atom stereocenters. The second kappa shape index (κ2) is 6.39. The lowest BCUT2D eigenvalue weighted by Gasteiger charge is -2.44. The smallest absolute Gasteiger partial charge is 0.145 e. The van der Waals surface area contributed by atoms with Crippen LogP contribution in [0, 0.1) is 5.82 Å². The van der Waals surface area contributed by atoms with Gasteiger partial charge < -0.3 is 10.5 Å². The summed E-state index contributed by atoms with van der Waals surface area (Å²) in [5.41, 5.74) is 6.71. The van der Waals surface area contributed by atoms with Gasteiger partial charge in [-0.05, 0) is 31.9 Å². The summed E-state index contributed by atoms with van der Waals surface area (Å²) in [5, 5.41) is 0.152. The van der Waals surface area contributed by atoms with Crippen molar-refractivity contribution in [3.63, 3.8) is 0 Å². The molecule has 20 heavy (non-hydrogen) atoms. The van der Waals surface area contributed by atoms with Gasteiger partial charge in [-0.3, -0.25) is 4.90 Å². The Bertz CT molecular complexity index is 461. The van der Waals surface area contributed by atoms with Crippen LogP contribution in [0.2, 0.25) is 5.02 Å². The molecule has 112 valence electrons. The minimum Gasteiger partial charge on any atom is -0.379 e. The minimum absolute atomic E-state index is 0.152. The third kappa shape index (κ3) is 3.31. The lowest BCUT2D eigenvalue weighted by molar-refractivity contribution is -0.0186. The fraction of sp³-hybridized carbons (Fsp3) is 0.600. The van der Waals surface area contributed by atoms with E-state index in [2.05, 4.69) is 18.7 Å². The molecular formula is C15H22ClFN2O. The molecule has 3 nitrogen and oxygen atoms in total. The van der Waals surface area contributed by atoms with Crippen LogP contribution in [0.5, 0.6) is 0 Å². The number of hydrogen-bond acceptors (Lipinski definition) is 3. The molecule has 2 N–H and O–H groups in total. The van der Waals surface area contributed by atoms with Crippen molar-refractivity contribution < 1.29 is 9.13 Å². The summed E-state index contributed by atoms with van der Waals surface area (Å²) < 4.78 is 19.3. The number of benzene rings is 1. The molecule has 0 saturated carbocycles. The van der Waals surface area contributed by atoms with Crippen molar-refractivity contribution in [2.75, 3.05) is 26.3 Å². The average Bonchev–Trinajstić information content (AvgIpc) is 2.44. The zero-order valence-corrected chi connectivity index (χ0v) is 12.8. The van der Waals surface area contributed by atoms with Crippen molar-refractivity contribution >= 4 is 11.6 Å². The van der Waals surface area contributed by atoms with Crippen LogP contribution in [0.1, 0.15) is 19.4 Å². The summed E-state index contributed by atoms with van der Waals surface area (Å²) in [7, 11) is 0. The van der Waals surface area contributed by atoms with Gasteiger partial charge in [-0.25, -0.2) is 4.39 Å². The van der Waals surface area contributed by atoms with Crippen LogP contribution in [0.3, 0.4) is 0 Å². The van der Waals surface area contributed by atoms with Crippen LogP contribution in [0.15, 0.2) is 18.2 Å². The van der Waals surface area contributed by atoms with E-state index in [1.165, 1.54) is 0 Å². The van der Waals surface area contributed by atoms with Crippen molar-refractivity contribution in [1.29, 1.82) is 0 Å². The molecule has 0 radical (unpaired) electrons. The van der Waals surface area contributed by atoms with Gasteiger partial charge in [0.1, 0.15) is 5.82 Å². The lowest BCUT2D eigenvalue weighted by Crippen LogP contribution is -2.59. The van der Waals surface area contributed by atoms with E-state index in [0.29, 0.717) is 12.0 Å². The number of rotatable bonds is 4. The van der Waals surface area contributed by atoms with Gasteiger partial charge in [0.25, 0.3) is 0 Å². The molecule has 1 saturated heterocycles. The summed E-state index contributed by atoms with van der Waals surface area (Å²) in [6.07, 6.45) is 0.469. The van der Waals surface area contributed by atoms with Gasteiger partial charge in [-0.15, -0.1) is 0 Å². The van der Waals surface area contributed by atoms with E-state index in [9.17, 15) is 4.39 Å². The predicted octanol–water partition coefficient (Wildman–Crippen LogP) is 2.46. The van der Waals surface area contributed by atoms with E-state index in [-0.39, 0.29) is 22.4 Å². The molecule has 1 aliphatic heterocycles. The maximum atomic E-state index is 14.0. The van der Waals surface area contributed by atoms with E-state index in [4.69, 9.17) is 22.1 Å². The van der Waals surface area contributed by atoms with Gasteiger partial charge in [0.2, 0.25) is 0 Å². The fourth-order valence-electron chi connectivity index (χ4n) is 2.57. The molecule has 1 fully saturated rings. The van der Waals surface area contributed by atoms with E-state index in [1.807, 2.05) is 0 Å². The number of hydrogen-bond donors (Lipinski definition) is 1. The Labute approximate surface area is 124 Å². The minimum atomic E-state index is -0.359. The van der Waals surface area contributed by atoms with Gasteiger partial charge >= 0.3 is 0 Å². The van der Waals surface area contributed by atoms with E-state index >= 15 is 0 Å². The molecule has 1 aromatic carbocycles. The van der Waals surface area contributed by atoms with Crippen LogP contribution < -0.4 is 5.73 Å². The van der Waals surface area contributed by atoms with Gasteiger partial charge in [-0.1, -0.05) is 23.7 Å². The molecule has 1 aliphatic rings. The van der Waals surface area contributed by atoms with Crippen LogP contribution >= 0.6 is 11.6 Å². The molecule has 0 aromatic heterocycles. The standard InChI is InChI=1S/C15H22ClFN2O/c1-15(2,19-6-8-20-9-7-19)13(18)10-11-4-3-5-12(16)14(11)17/h3-5,13H,6-10,18H2,1-2H3. The first-order valence-corrected chi connectivity index (χ1v) is 7.32. The molecule has 1 aromatic rings. The summed E-state index contributed by atoms with van der Waals surface area (Å²) in [5.74, 6) is -0.359. The largest absolute Gasteiger partial charge is 0.379 e. The Morgan fingerprint density at radius 1 is 1.40 bits per heavy atom. The molecular weight excluding hydrogens is 279 g/mol. The zero-order valence-electron chi connectivity index (χ0n) is 12.0. The van der Waals surface area contributed by atoms with Crippen LogP contribution in [0.25, 0.3) is 0 Å². The van der Waals surface area contributed by atoms with Crippen LogP contribution in [-0.2, 0) is 11.2 Å². The SMILES string of the molecule is CC(C)(C(N)Cc1cccc(Cl)c1F)N1CCOCC1. The Morgan fingerprint density at radius 2 is 2.05 bits per heavy atom. The Morgan fingerprint density at radius 3 is 2.70 bits per heavy atom. The van der Waals surface area contributed by atoms with E-state index < -0.39 is 0 Å². The molecule has 2 rings (SSSR count). The summed E-state index contributed by atoms with van der Waals surface area (Å²) in [6, 6.07) is 4.89. The number of morpholine rings is 1. The van der Waals surface area contributed by atoms with Gasteiger partial charge in [0, 0.05) is 24.7 Å². The summed E-state index contributed by atoms with van der Waals surface area (Å²) >= 11 is 5.82. The topological polar surface area (TPSA) is 38.5 Å². The Kier molecular flexibility index (Phi) is 5.02. The third-order valence-corrected chi connectivity index (χ3v) is 4.50. The highest BCUT2D eigenvalue weighted by Gasteiger charge is 2.34. The molecule has 5 heteroatoms. The maximum absolute atomic E-state index is 14.0. The second-order valence-corrected chi connectivity index (χ2v) is 6.18. The van der Waals surface area contributed by atoms with E-state index in [1.54, 1.807) is 18.2 Å². The maximum Gasteiger partial charge on any atom is 0.145 e. The Hall–Kier alpha value is -0.680. The normalized spacial score (nSPS) is 19.1. The number of ether oxygens (including phenoxy) is 1. The first-order valence-electron chi connectivity index (χ1n) is 6.94. The average molecular weight is 301 g/mol. The molecule has 0 amide bonds. The van der Waals surface area contributed by atoms with Crippen molar-refractivity contribution in [3.8, 4) is 0 Å². The van der Waals surface area contributed by atoms with Crippen molar-refractivity contribution in [2.45, 2.75) is 31.8 Å². The summed E-state index contributed by atoms with van der Waals surface area (Å²) in [4.78, 5) is 2.31. The summed E-state index contributed by atoms with van der Waals surface area (Å²) in [6.45, 7) is 7.37. The molecule has 1 atom stereocenters. The quantitative estimate of drug-likeness (QED) is 0.928. The van der Waals surface area contributed by atoms with Crippen molar-refractivity contribution in [3.05, 3.63) is 34.6 Å². The second-order valence-electron chi connectivity index (χ2n) is 5.78. The van der Waals surface area contributed by atoms with Crippen LogP contribution in [-0.4, -0.2) is 42.8 Å². The fourth-order valence-corrected chi connectivity index (χ4v) is 2.76. The first-order chi connectivity index (χ1) is 9.43. The number of halogens is 2. The van der Waals surface area contributed by atoms with Gasteiger partial charge in [0.05, 0.1) is 18.2 Å². The Balaban J connectivity index is 2.09. The monoisotopic (exact) mass is 300 g/mol. The molecule has 0 spiro atoms. The highest BCUT2D eigenvalue weighted by atomic mass is 35.5. The first kappa shape index (κ1) is 15.7. The van der Waals surface area contributed by atoms with Crippen LogP contribution in [0.4, 0.5) is 4.39 Å². The predicted molar refractivity (Wildman–Crippen MR) is 79.6 cm³/mol. The van der Waals surface area contributed by atoms with E-state index in [0.717, 1.165) is 26.3 Å². The zero-order chi connectivity index (χ0) is 14.8. The number of nitrogens with two attached hydrogens (primary N) is 1.